The molecule has 52 heavy (non-hydrogen) atoms. The smallest absolute Gasteiger partial charge is 0.408 e. The van der Waals surface area contributed by atoms with Crippen LogP contribution in [0.2, 0.25) is 0 Å². The summed E-state index contributed by atoms with van der Waals surface area (Å²) in [7, 11) is 0. The summed E-state index contributed by atoms with van der Waals surface area (Å²) >= 11 is 0. The van der Waals surface area contributed by atoms with Crippen molar-refractivity contribution >= 4 is 23.9 Å². The molecule has 0 bridgehead atoms. The SMILES string of the molecule is CC(C)(C)NC(=O)OC(C)(C)C.CC(C)(C)NCC(=O)OC(C)(C)C.CC(C)(C)NCCNC(=O)C(C)(C)C.CC(C)(C)OCC(=O)OC(C)(C)C. The van der Waals surface area contributed by atoms with Gasteiger partial charge in [-0.15, -0.1) is 0 Å². The van der Waals surface area contributed by atoms with E-state index in [0.717, 1.165) is 6.54 Å². The maximum Gasteiger partial charge on any atom is 0.408 e. The molecule has 0 heterocycles. The number of esters is 2. The van der Waals surface area contributed by atoms with E-state index in [4.69, 9.17) is 18.9 Å². The standard InChI is InChI=1S/C11H24N2O.C10H21NO2.C10H20O3.C9H19NO2/c1-10(2,3)9(14)12-7-8-13-11(4,5)6;1-9(2,3)11-7-8(12)13-10(4,5)6;1-9(2,3)12-7-8(11)13-10(4,5)6;1-8(2,3)10-7(11)12-9(4,5)6/h13H,7-8H2,1-6H3,(H,12,14);11H,7H2,1-6H3;7H2,1-6H3;1-6H3,(H,10,11). The molecule has 12 heteroatoms. The molecule has 0 aromatic rings. The van der Waals surface area contributed by atoms with Crippen LogP contribution >= 0.6 is 0 Å². The average Bonchev–Trinajstić information content (AvgIpc) is 2.79. The van der Waals surface area contributed by atoms with E-state index in [-0.39, 0.29) is 64.7 Å². The molecule has 4 N–H and O–H groups in total. The Hall–Kier alpha value is -2.44. The first kappa shape index (κ1) is 56.3. The first-order chi connectivity index (χ1) is 22.4. The summed E-state index contributed by atoms with van der Waals surface area (Å²) in [4.78, 5) is 45.0. The normalized spacial score (nSPS) is 12.7. The Morgan fingerprint density at radius 1 is 0.442 bits per heavy atom. The van der Waals surface area contributed by atoms with E-state index in [2.05, 4.69) is 42.0 Å². The number of carbonyl (C=O) groups is 4. The van der Waals surface area contributed by atoms with E-state index in [1.54, 1.807) is 0 Å². The van der Waals surface area contributed by atoms with Gasteiger partial charge in [-0.3, -0.25) is 9.59 Å². The second kappa shape index (κ2) is 22.7. The van der Waals surface area contributed by atoms with Crippen molar-refractivity contribution < 1.29 is 38.1 Å². The van der Waals surface area contributed by atoms with Crippen LogP contribution in [0.3, 0.4) is 0 Å². The number of rotatable bonds is 7. The van der Waals surface area contributed by atoms with Crippen molar-refractivity contribution in [2.24, 2.45) is 5.41 Å². The molecule has 0 radical (unpaired) electrons. The second-order valence-electron chi connectivity index (χ2n) is 20.7. The lowest BCUT2D eigenvalue weighted by atomic mass is 9.96. The summed E-state index contributed by atoms with van der Waals surface area (Å²) in [6.07, 6.45) is -0.366. The molecule has 12 nitrogen and oxygen atoms in total. The highest BCUT2D eigenvalue weighted by Gasteiger charge is 2.22. The third-order valence-electron chi connectivity index (χ3n) is 4.85. The Labute approximate surface area is 319 Å². The minimum atomic E-state index is -0.432. The van der Waals surface area contributed by atoms with Crippen LogP contribution in [0.15, 0.2) is 0 Å². The van der Waals surface area contributed by atoms with Crippen molar-refractivity contribution in [3.63, 3.8) is 0 Å². The Morgan fingerprint density at radius 2 is 0.827 bits per heavy atom. The predicted molar refractivity (Wildman–Crippen MR) is 214 cm³/mol. The van der Waals surface area contributed by atoms with Crippen LogP contribution in [0, 0.1) is 5.41 Å². The fourth-order valence-corrected chi connectivity index (χ4v) is 2.85. The third-order valence-corrected chi connectivity index (χ3v) is 4.85. The summed E-state index contributed by atoms with van der Waals surface area (Å²) in [5.74, 6) is -0.418. The average molecular weight is 749 g/mol. The van der Waals surface area contributed by atoms with Gasteiger partial charge in [0, 0.05) is 35.1 Å². The van der Waals surface area contributed by atoms with E-state index >= 15 is 0 Å². The minimum Gasteiger partial charge on any atom is -0.459 e. The fraction of sp³-hybridized carbons (Fsp3) is 0.900. The molecule has 0 aliphatic heterocycles. The van der Waals surface area contributed by atoms with Crippen LogP contribution in [-0.4, -0.2) is 89.2 Å². The summed E-state index contributed by atoms with van der Waals surface area (Å²) in [6.45, 7) is 48.0. The summed E-state index contributed by atoms with van der Waals surface area (Å²) in [5, 5.41) is 12.0. The van der Waals surface area contributed by atoms with Crippen LogP contribution in [-0.2, 0) is 33.3 Å². The van der Waals surface area contributed by atoms with Crippen molar-refractivity contribution in [2.45, 2.75) is 205 Å². The number of hydrogen-bond acceptors (Lipinski definition) is 10. The van der Waals surface area contributed by atoms with Gasteiger partial charge < -0.3 is 40.2 Å². The summed E-state index contributed by atoms with van der Waals surface area (Å²) in [6, 6.07) is 0. The molecule has 0 aliphatic carbocycles. The van der Waals surface area contributed by atoms with Gasteiger partial charge >= 0.3 is 18.0 Å². The minimum absolute atomic E-state index is 0.0147. The maximum atomic E-state index is 11.5. The quantitative estimate of drug-likeness (QED) is 0.116. The third kappa shape index (κ3) is 54.3. The molecule has 312 valence electrons. The topological polar surface area (TPSA) is 153 Å². The van der Waals surface area contributed by atoms with Gasteiger partial charge in [-0.05, 0) is 145 Å². The van der Waals surface area contributed by atoms with Gasteiger partial charge in [0.1, 0.15) is 23.4 Å². The zero-order valence-electron chi connectivity index (χ0n) is 38.1. The zero-order valence-corrected chi connectivity index (χ0v) is 38.1. The molecule has 0 saturated heterocycles. The summed E-state index contributed by atoms with van der Waals surface area (Å²) in [5.41, 5.74) is -1.99. The Morgan fingerprint density at radius 3 is 1.13 bits per heavy atom. The molecule has 0 spiro atoms. The van der Waals surface area contributed by atoms with E-state index in [0.29, 0.717) is 6.54 Å². The van der Waals surface area contributed by atoms with Crippen LogP contribution < -0.4 is 21.3 Å². The molecule has 0 rings (SSSR count). The molecule has 0 atom stereocenters. The van der Waals surface area contributed by atoms with Gasteiger partial charge in [0.25, 0.3) is 0 Å². The number of carbonyl (C=O) groups excluding carboxylic acids is 4. The van der Waals surface area contributed by atoms with Crippen molar-refractivity contribution in [1.29, 1.82) is 0 Å². The van der Waals surface area contributed by atoms with Gasteiger partial charge in [-0.25, -0.2) is 9.59 Å². The second-order valence-corrected chi connectivity index (χ2v) is 20.7. The van der Waals surface area contributed by atoms with Gasteiger partial charge in [0.05, 0.1) is 12.1 Å². The van der Waals surface area contributed by atoms with Crippen LogP contribution in [0.1, 0.15) is 166 Å². The molecule has 0 aromatic carbocycles. The Bertz CT molecular complexity index is 973. The van der Waals surface area contributed by atoms with Gasteiger partial charge in [-0.1, -0.05) is 20.8 Å². The van der Waals surface area contributed by atoms with Gasteiger partial charge in [0.15, 0.2) is 0 Å². The molecule has 0 aliphatic rings. The molecular formula is C40H84N4O8. The maximum absolute atomic E-state index is 11.5. The molecule has 0 aromatic heterocycles. The highest BCUT2D eigenvalue weighted by molar-refractivity contribution is 5.81. The zero-order chi connectivity index (χ0) is 42.8. The molecule has 0 fully saturated rings. The van der Waals surface area contributed by atoms with Crippen molar-refractivity contribution in [1.82, 2.24) is 21.3 Å². The van der Waals surface area contributed by atoms with Crippen LogP contribution in [0.4, 0.5) is 4.79 Å². The number of ether oxygens (including phenoxy) is 4. The Balaban J connectivity index is -0.000000296. The van der Waals surface area contributed by atoms with Gasteiger partial charge in [-0.2, -0.15) is 0 Å². The van der Waals surface area contributed by atoms with Crippen LogP contribution in [0.5, 0.6) is 0 Å². The van der Waals surface area contributed by atoms with E-state index < -0.39 is 16.8 Å². The van der Waals surface area contributed by atoms with Crippen molar-refractivity contribution in [2.75, 3.05) is 26.2 Å². The van der Waals surface area contributed by atoms with Crippen molar-refractivity contribution in [3.05, 3.63) is 0 Å². The van der Waals surface area contributed by atoms with E-state index in [1.165, 1.54) is 0 Å². The number of amides is 2. The van der Waals surface area contributed by atoms with E-state index in [1.807, 2.05) is 145 Å². The molecule has 0 saturated carbocycles. The van der Waals surface area contributed by atoms with E-state index in [9.17, 15) is 19.2 Å². The molecule has 0 unspecified atom stereocenters. The lowest BCUT2D eigenvalue weighted by Crippen LogP contribution is -2.43. The van der Waals surface area contributed by atoms with Crippen molar-refractivity contribution in [3.8, 4) is 0 Å². The molecular weight excluding hydrogens is 664 g/mol. The Kier molecular flexibility index (Phi) is 24.6. The number of nitrogens with one attached hydrogen (secondary N) is 4. The van der Waals surface area contributed by atoms with Gasteiger partial charge in [0.2, 0.25) is 5.91 Å². The van der Waals surface area contributed by atoms with Crippen LogP contribution in [0.25, 0.3) is 0 Å². The summed E-state index contributed by atoms with van der Waals surface area (Å²) < 4.78 is 20.5. The highest BCUT2D eigenvalue weighted by atomic mass is 16.6. The monoisotopic (exact) mass is 749 g/mol. The lowest BCUT2D eigenvalue weighted by molar-refractivity contribution is -0.165. The highest BCUT2D eigenvalue weighted by Crippen LogP contribution is 2.13. The largest absolute Gasteiger partial charge is 0.459 e. The number of hydrogen-bond donors (Lipinski definition) is 4. The predicted octanol–water partition coefficient (Wildman–Crippen LogP) is 7.71. The number of alkyl carbamates (subject to hydrolysis) is 1. The fourth-order valence-electron chi connectivity index (χ4n) is 2.85. The first-order valence-corrected chi connectivity index (χ1v) is 18.3. The molecule has 2 amide bonds. The lowest BCUT2D eigenvalue weighted by Gasteiger charge is -2.25. The first-order valence-electron chi connectivity index (χ1n) is 18.3.